The molecule has 2 heterocycles. The summed E-state index contributed by atoms with van der Waals surface area (Å²) >= 11 is 0. The van der Waals surface area contributed by atoms with Crippen LogP contribution in [0, 0.1) is 5.92 Å². The van der Waals surface area contributed by atoms with Crippen LogP contribution in [-0.4, -0.2) is 53.8 Å². The molecule has 0 radical (unpaired) electrons. The van der Waals surface area contributed by atoms with Crippen molar-refractivity contribution in [2.24, 2.45) is 5.92 Å². The minimum atomic E-state index is -0.161. The molecule has 1 N–H and O–H groups in total. The van der Waals surface area contributed by atoms with Gasteiger partial charge in [0, 0.05) is 19.0 Å². The summed E-state index contributed by atoms with van der Waals surface area (Å²) in [7, 11) is 0. The first-order valence-electron chi connectivity index (χ1n) is 11.0. The Kier molecular flexibility index (Phi) is 7.49. The van der Waals surface area contributed by atoms with E-state index in [1.165, 1.54) is 5.56 Å². The van der Waals surface area contributed by atoms with Crippen molar-refractivity contribution in [3.05, 3.63) is 35.9 Å². The molecule has 2 aliphatic heterocycles. The summed E-state index contributed by atoms with van der Waals surface area (Å²) in [6, 6.07) is 10.1. The van der Waals surface area contributed by atoms with E-state index in [1.54, 1.807) is 0 Å². The first kappa shape index (κ1) is 20.8. The SMILES string of the molecule is CCCC(NC(=O)C(C)N1CCC(C(=O)N2CCCC2)CC1)c1ccccc1. The second kappa shape index (κ2) is 10.1. The lowest BCUT2D eigenvalue weighted by molar-refractivity contribution is -0.136. The molecule has 1 aromatic carbocycles. The van der Waals surface area contributed by atoms with Crippen molar-refractivity contribution in [1.82, 2.24) is 15.1 Å². The number of amides is 2. The predicted molar refractivity (Wildman–Crippen MR) is 112 cm³/mol. The van der Waals surface area contributed by atoms with Crippen LogP contribution in [0.5, 0.6) is 0 Å². The van der Waals surface area contributed by atoms with E-state index in [-0.39, 0.29) is 23.9 Å². The fourth-order valence-corrected chi connectivity index (χ4v) is 4.48. The first-order valence-corrected chi connectivity index (χ1v) is 11.0. The van der Waals surface area contributed by atoms with Gasteiger partial charge in [0.05, 0.1) is 12.1 Å². The minimum Gasteiger partial charge on any atom is -0.348 e. The molecule has 2 saturated heterocycles. The summed E-state index contributed by atoms with van der Waals surface area (Å²) in [5.74, 6) is 0.565. The lowest BCUT2D eigenvalue weighted by Gasteiger charge is -2.36. The normalized spacial score (nSPS) is 20.7. The number of nitrogens with one attached hydrogen (secondary N) is 1. The van der Waals surface area contributed by atoms with Crippen molar-refractivity contribution in [3.63, 3.8) is 0 Å². The van der Waals surface area contributed by atoms with Crippen LogP contribution in [0.15, 0.2) is 30.3 Å². The minimum absolute atomic E-state index is 0.0652. The van der Waals surface area contributed by atoms with Gasteiger partial charge in [0.1, 0.15) is 0 Å². The average Bonchev–Trinajstić information content (AvgIpc) is 3.28. The van der Waals surface area contributed by atoms with Gasteiger partial charge in [-0.2, -0.15) is 0 Å². The van der Waals surface area contributed by atoms with Crippen molar-refractivity contribution in [1.29, 1.82) is 0 Å². The van der Waals surface area contributed by atoms with Gasteiger partial charge in [-0.05, 0) is 57.7 Å². The zero-order valence-electron chi connectivity index (χ0n) is 17.4. The third-order valence-corrected chi connectivity index (χ3v) is 6.32. The van der Waals surface area contributed by atoms with E-state index in [9.17, 15) is 9.59 Å². The summed E-state index contributed by atoms with van der Waals surface area (Å²) < 4.78 is 0. The maximum absolute atomic E-state index is 12.9. The lowest BCUT2D eigenvalue weighted by atomic mass is 9.94. The zero-order valence-corrected chi connectivity index (χ0v) is 17.4. The Bertz CT molecular complexity index is 635. The molecule has 2 unspecified atom stereocenters. The van der Waals surface area contributed by atoms with Crippen molar-refractivity contribution in [2.75, 3.05) is 26.2 Å². The third kappa shape index (κ3) is 5.13. The van der Waals surface area contributed by atoms with E-state index in [2.05, 4.69) is 29.3 Å². The van der Waals surface area contributed by atoms with Crippen molar-refractivity contribution in [2.45, 2.75) is 64.5 Å². The summed E-state index contributed by atoms with van der Waals surface area (Å²) in [6.07, 6.45) is 5.98. The Morgan fingerprint density at radius 1 is 1.07 bits per heavy atom. The Labute approximate surface area is 169 Å². The molecule has 2 fully saturated rings. The Morgan fingerprint density at radius 3 is 2.32 bits per heavy atom. The zero-order chi connectivity index (χ0) is 19.9. The van der Waals surface area contributed by atoms with Gasteiger partial charge >= 0.3 is 0 Å². The molecular formula is C23H35N3O2. The Morgan fingerprint density at radius 2 is 1.71 bits per heavy atom. The average molecular weight is 386 g/mol. The van der Waals surface area contributed by atoms with E-state index < -0.39 is 0 Å². The van der Waals surface area contributed by atoms with Crippen LogP contribution in [0.1, 0.15) is 64.0 Å². The summed E-state index contributed by atoms with van der Waals surface area (Å²) in [5, 5.41) is 3.25. The maximum Gasteiger partial charge on any atom is 0.237 e. The van der Waals surface area contributed by atoms with E-state index in [0.717, 1.165) is 64.7 Å². The molecule has 2 atom stereocenters. The van der Waals surface area contributed by atoms with Crippen LogP contribution in [0.3, 0.4) is 0 Å². The molecular weight excluding hydrogens is 350 g/mol. The van der Waals surface area contributed by atoms with Crippen LogP contribution >= 0.6 is 0 Å². The molecule has 5 nitrogen and oxygen atoms in total. The summed E-state index contributed by atoms with van der Waals surface area (Å²) in [6.45, 7) is 7.64. The standard InChI is InChI=1S/C23H35N3O2/c1-3-9-21(19-10-5-4-6-11-19)24-22(27)18(2)25-16-12-20(13-17-25)23(28)26-14-7-8-15-26/h4-6,10-11,18,20-21H,3,7-9,12-17H2,1-2H3,(H,24,27). The molecule has 5 heteroatoms. The van der Waals surface area contributed by atoms with Crippen LogP contribution < -0.4 is 5.32 Å². The van der Waals surface area contributed by atoms with E-state index >= 15 is 0 Å². The highest BCUT2D eigenvalue weighted by atomic mass is 16.2. The maximum atomic E-state index is 12.9. The number of benzene rings is 1. The predicted octanol–water partition coefficient (Wildman–Crippen LogP) is 3.37. The fourth-order valence-electron chi connectivity index (χ4n) is 4.48. The lowest BCUT2D eigenvalue weighted by Crippen LogP contribution is -2.50. The van der Waals surface area contributed by atoms with Crippen molar-refractivity contribution in [3.8, 4) is 0 Å². The van der Waals surface area contributed by atoms with Crippen molar-refractivity contribution >= 4 is 11.8 Å². The van der Waals surface area contributed by atoms with Crippen LogP contribution in [0.25, 0.3) is 0 Å². The number of carbonyl (C=O) groups excluding carboxylic acids is 2. The van der Waals surface area contributed by atoms with Gasteiger partial charge in [-0.25, -0.2) is 0 Å². The third-order valence-electron chi connectivity index (χ3n) is 6.32. The highest BCUT2D eigenvalue weighted by molar-refractivity contribution is 5.82. The number of hydrogen-bond donors (Lipinski definition) is 1. The van der Waals surface area contributed by atoms with Crippen LogP contribution in [-0.2, 0) is 9.59 Å². The quantitative estimate of drug-likeness (QED) is 0.783. The number of nitrogens with zero attached hydrogens (tertiary/aromatic N) is 2. The fraction of sp³-hybridized carbons (Fsp3) is 0.652. The van der Waals surface area contributed by atoms with Gasteiger partial charge in [0.15, 0.2) is 0 Å². The number of rotatable bonds is 7. The number of piperidine rings is 1. The molecule has 0 aliphatic carbocycles. The Balaban J connectivity index is 1.51. The van der Waals surface area contributed by atoms with E-state index in [0.29, 0.717) is 5.91 Å². The van der Waals surface area contributed by atoms with Gasteiger partial charge in [0.2, 0.25) is 11.8 Å². The molecule has 2 amide bonds. The monoisotopic (exact) mass is 385 g/mol. The molecule has 0 spiro atoms. The molecule has 154 valence electrons. The Hall–Kier alpha value is -1.88. The highest BCUT2D eigenvalue weighted by Gasteiger charge is 2.33. The first-order chi connectivity index (χ1) is 13.6. The molecule has 28 heavy (non-hydrogen) atoms. The topological polar surface area (TPSA) is 52.7 Å². The highest BCUT2D eigenvalue weighted by Crippen LogP contribution is 2.24. The van der Waals surface area contributed by atoms with Crippen molar-refractivity contribution < 1.29 is 9.59 Å². The molecule has 2 aliphatic rings. The number of hydrogen-bond acceptors (Lipinski definition) is 3. The molecule has 3 rings (SSSR count). The largest absolute Gasteiger partial charge is 0.348 e. The van der Waals surface area contributed by atoms with Gasteiger partial charge in [0.25, 0.3) is 0 Å². The van der Waals surface area contributed by atoms with Crippen LogP contribution in [0.4, 0.5) is 0 Å². The second-order valence-electron chi connectivity index (χ2n) is 8.28. The number of likely N-dealkylation sites (tertiary alicyclic amines) is 2. The smallest absolute Gasteiger partial charge is 0.237 e. The van der Waals surface area contributed by atoms with Crippen LogP contribution in [0.2, 0.25) is 0 Å². The number of carbonyl (C=O) groups is 2. The molecule has 0 saturated carbocycles. The molecule has 0 bridgehead atoms. The summed E-state index contributed by atoms with van der Waals surface area (Å²) in [5.41, 5.74) is 1.17. The molecule has 0 aromatic heterocycles. The van der Waals surface area contributed by atoms with Gasteiger partial charge < -0.3 is 10.2 Å². The van der Waals surface area contributed by atoms with Gasteiger partial charge in [-0.1, -0.05) is 43.7 Å². The van der Waals surface area contributed by atoms with Gasteiger partial charge in [-0.3, -0.25) is 14.5 Å². The van der Waals surface area contributed by atoms with E-state index in [4.69, 9.17) is 0 Å². The van der Waals surface area contributed by atoms with E-state index in [1.807, 2.05) is 30.0 Å². The second-order valence-corrected chi connectivity index (χ2v) is 8.28. The van der Waals surface area contributed by atoms with Gasteiger partial charge in [-0.15, -0.1) is 0 Å². The molecule has 1 aromatic rings. The summed E-state index contributed by atoms with van der Waals surface area (Å²) in [4.78, 5) is 29.8.